The zero-order chi connectivity index (χ0) is 14.0. The third kappa shape index (κ3) is 3.05. The molecule has 1 N–H and O–H groups in total. The monoisotopic (exact) mass is 305 g/mol. The van der Waals surface area contributed by atoms with Crippen molar-refractivity contribution in [2.45, 2.75) is 0 Å². The van der Waals surface area contributed by atoms with Gasteiger partial charge in [-0.15, -0.1) is 0 Å². The van der Waals surface area contributed by atoms with E-state index in [0.717, 1.165) is 13.1 Å². The van der Waals surface area contributed by atoms with Crippen molar-refractivity contribution < 1.29 is 9.90 Å². The molecule has 1 aliphatic rings. The topological polar surface area (TPSA) is 48.7 Å². The first-order valence-corrected chi connectivity index (χ1v) is 6.93. The molecule has 2 heterocycles. The normalized spacial score (nSPS) is 16.9. The van der Waals surface area contributed by atoms with Crippen LogP contribution in [0.1, 0.15) is 10.5 Å². The number of rotatable bonds is 3. The lowest BCUT2D eigenvalue weighted by molar-refractivity contribution is 0.0606. The van der Waals surface area contributed by atoms with Crippen molar-refractivity contribution in [1.29, 1.82) is 0 Å². The Bertz CT molecular complexity index is 468. The van der Waals surface area contributed by atoms with Gasteiger partial charge in [0.25, 0.3) is 5.91 Å². The molecule has 0 spiro atoms. The van der Waals surface area contributed by atoms with Gasteiger partial charge in [0.05, 0.1) is 11.6 Å². The number of hydrogen-bond donors (Lipinski definition) is 1. The van der Waals surface area contributed by atoms with Crippen molar-refractivity contribution in [3.05, 3.63) is 21.9 Å². The molecule has 1 aromatic rings. The van der Waals surface area contributed by atoms with Gasteiger partial charge in [0.1, 0.15) is 10.8 Å². The fourth-order valence-electron chi connectivity index (χ4n) is 2.23. The van der Waals surface area contributed by atoms with E-state index in [1.807, 2.05) is 0 Å². The highest BCUT2D eigenvalue weighted by molar-refractivity contribution is 6.41. The quantitative estimate of drug-likeness (QED) is 0.909. The number of aliphatic hydroxyl groups excluding tert-OH is 1. The van der Waals surface area contributed by atoms with Crippen molar-refractivity contribution in [3.8, 4) is 0 Å². The van der Waals surface area contributed by atoms with Crippen LogP contribution < -0.4 is 0 Å². The number of hydrogen-bond acceptors (Lipinski definition) is 3. The van der Waals surface area contributed by atoms with Crippen molar-refractivity contribution in [2.24, 2.45) is 7.05 Å². The van der Waals surface area contributed by atoms with Crippen LogP contribution in [0.5, 0.6) is 0 Å². The number of aliphatic hydroxyl groups is 1. The van der Waals surface area contributed by atoms with Crippen molar-refractivity contribution in [3.63, 3.8) is 0 Å². The van der Waals surface area contributed by atoms with Crippen LogP contribution in [0.25, 0.3) is 0 Å². The number of carbonyl (C=O) groups excluding carboxylic acids is 1. The highest BCUT2D eigenvalue weighted by Crippen LogP contribution is 2.26. The van der Waals surface area contributed by atoms with Crippen molar-refractivity contribution in [2.75, 3.05) is 39.3 Å². The van der Waals surface area contributed by atoms with E-state index < -0.39 is 0 Å². The Morgan fingerprint density at radius 1 is 1.32 bits per heavy atom. The third-order valence-electron chi connectivity index (χ3n) is 3.41. The zero-order valence-electron chi connectivity index (χ0n) is 10.8. The average molecular weight is 306 g/mol. The Morgan fingerprint density at radius 2 is 1.95 bits per heavy atom. The molecule has 0 saturated carbocycles. The summed E-state index contributed by atoms with van der Waals surface area (Å²) in [4.78, 5) is 16.3. The molecule has 19 heavy (non-hydrogen) atoms. The lowest BCUT2D eigenvalue weighted by atomic mass is 10.2. The maximum absolute atomic E-state index is 12.4. The Kier molecular flexibility index (Phi) is 4.73. The molecule has 106 valence electrons. The van der Waals surface area contributed by atoms with Crippen LogP contribution in [0, 0.1) is 0 Å². The minimum atomic E-state index is -0.0556. The Balaban J connectivity index is 2.03. The van der Waals surface area contributed by atoms with Gasteiger partial charge in [0.2, 0.25) is 0 Å². The van der Waals surface area contributed by atoms with Gasteiger partial charge in [0, 0.05) is 39.8 Å². The minimum Gasteiger partial charge on any atom is -0.395 e. The zero-order valence-corrected chi connectivity index (χ0v) is 12.3. The molecule has 2 rings (SSSR count). The lowest BCUT2D eigenvalue weighted by Crippen LogP contribution is -2.49. The van der Waals surface area contributed by atoms with Crippen LogP contribution in [-0.2, 0) is 7.05 Å². The third-order valence-corrected chi connectivity index (χ3v) is 4.25. The molecule has 7 heteroatoms. The summed E-state index contributed by atoms with van der Waals surface area (Å²) in [5, 5.41) is 9.66. The van der Waals surface area contributed by atoms with Crippen LogP contribution in [0.2, 0.25) is 10.2 Å². The van der Waals surface area contributed by atoms with E-state index in [0.29, 0.717) is 35.5 Å². The summed E-state index contributed by atoms with van der Waals surface area (Å²) in [6, 6.07) is 1.60. The molecular weight excluding hydrogens is 289 g/mol. The second-order valence-corrected chi connectivity index (χ2v) is 5.35. The van der Waals surface area contributed by atoms with E-state index >= 15 is 0 Å². The van der Waals surface area contributed by atoms with E-state index in [1.54, 1.807) is 22.6 Å². The summed E-state index contributed by atoms with van der Waals surface area (Å²) in [5.74, 6) is -0.0556. The fourth-order valence-corrected chi connectivity index (χ4v) is 2.60. The molecule has 1 aliphatic heterocycles. The molecule has 0 radical (unpaired) electrons. The van der Waals surface area contributed by atoms with E-state index in [4.69, 9.17) is 28.3 Å². The van der Waals surface area contributed by atoms with Gasteiger partial charge in [0.15, 0.2) is 0 Å². The lowest BCUT2D eigenvalue weighted by Gasteiger charge is -2.34. The van der Waals surface area contributed by atoms with Gasteiger partial charge in [-0.2, -0.15) is 0 Å². The first-order valence-electron chi connectivity index (χ1n) is 6.17. The summed E-state index contributed by atoms with van der Waals surface area (Å²) < 4.78 is 1.60. The minimum absolute atomic E-state index is 0.0556. The number of aromatic nitrogens is 1. The van der Waals surface area contributed by atoms with E-state index in [9.17, 15) is 4.79 Å². The van der Waals surface area contributed by atoms with Gasteiger partial charge < -0.3 is 14.6 Å². The molecule has 1 saturated heterocycles. The number of halogens is 2. The highest BCUT2D eigenvalue weighted by Gasteiger charge is 2.25. The first kappa shape index (κ1) is 14.7. The summed E-state index contributed by atoms with van der Waals surface area (Å²) in [6.07, 6.45) is 0. The van der Waals surface area contributed by atoms with Gasteiger partial charge in [-0.1, -0.05) is 23.2 Å². The van der Waals surface area contributed by atoms with Crippen LogP contribution >= 0.6 is 23.2 Å². The van der Waals surface area contributed by atoms with Gasteiger partial charge in [-0.25, -0.2) is 0 Å². The molecule has 0 bridgehead atoms. The van der Waals surface area contributed by atoms with Crippen molar-refractivity contribution in [1.82, 2.24) is 14.4 Å². The van der Waals surface area contributed by atoms with Gasteiger partial charge >= 0.3 is 0 Å². The predicted octanol–water partition coefficient (Wildman–Crippen LogP) is 1.08. The average Bonchev–Trinajstić information content (AvgIpc) is 2.67. The number of β-amino-alcohol motifs (C(OH)–C–C–N with tert-alkyl or cyclic N) is 1. The summed E-state index contributed by atoms with van der Waals surface area (Å²) in [7, 11) is 1.73. The van der Waals surface area contributed by atoms with E-state index in [2.05, 4.69) is 4.90 Å². The standard InChI is InChI=1S/C12H17Cl2N3O2/c1-15-10(8-9(13)11(15)14)12(19)17-4-2-16(3-5-17)6-7-18/h8,18H,2-7H2,1H3. The predicted molar refractivity (Wildman–Crippen MR) is 74.9 cm³/mol. The number of amides is 1. The number of nitrogens with zero attached hydrogens (tertiary/aromatic N) is 3. The molecule has 1 aromatic heterocycles. The second-order valence-electron chi connectivity index (χ2n) is 4.58. The highest BCUT2D eigenvalue weighted by atomic mass is 35.5. The summed E-state index contributed by atoms with van der Waals surface area (Å²) in [6.45, 7) is 3.66. The van der Waals surface area contributed by atoms with Crippen LogP contribution in [0.15, 0.2) is 6.07 Å². The van der Waals surface area contributed by atoms with Gasteiger partial charge in [-0.3, -0.25) is 9.69 Å². The van der Waals surface area contributed by atoms with Crippen LogP contribution in [0.4, 0.5) is 0 Å². The molecule has 0 unspecified atom stereocenters. The number of carbonyl (C=O) groups is 1. The first-order chi connectivity index (χ1) is 9.04. The maximum Gasteiger partial charge on any atom is 0.270 e. The van der Waals surface area contributed by atoms with Crippen molar-refractivity contribution >= 4 is 29.1 Å². The molecule has 1 amide bonds. The number of piperazine rings is 1. The largest absolute Gasteiger partial charge is 0.395 e. The van der Waals surface area contributed by atoms with Crippen LogP contribution in [-0.4, -0.2) is 64.7 Å². The SMILES string of the molecule is Cn1c(C(=O)N2CCN(CCO)CC2)cc(Cl)c1Cl. The maximum atomic E-state index is 12.4. The summed E-state index contributed by atoms with van der Waals surface area (Å²) in [5.41, 5.74) is 0.505. The Labute approximate surface area is 122 Å². The second kappa shape index (κ2) is 6.13. The fraction of sp³-hybridized carbons (Fsp3) is 0.583. The Morgan fingerprint density at radius 3 is 2.42 bits per heavy atom. The molecular formula is C12H17Cl2N3O2. The smallest absolute Gasteiger partial charge is 0.270 e. The van der Waals surface area contributed by atoms with Gasteiger partial charge in [-0.05, 0) is 6.07 Å². The Hall–Kier alpha value is -0.750. The molecule has 1 fully saturated rings. The summed E-state index contributed by atoms with van der Waals surface area (Å²) >= 11 is 11.9. The molecule has 0 atom stereocenters. The molecule has 0 aliphatic carbocycles. The molecule has 0 aromatic carbocycles. The van der Waals surface area contributed by atoms with E-state index in [1.165, 1.54) is 0 Å². The molecule has 5 nitrogen and oxygen atoms in total. The van der Waals surface area contributed by atoms with Crippen LogP contribution in [0.3, 0.4) is 0 Å². The van der Waals surface area contributed by atoms with E-state index in [-0.39, 0.29) is 12.5 Å².